The normalized spacial score (nSPS) is 12.3. The summed E-state index contributed by atoms with van der Waals surface area (Å²) in [5.74, 6) is -0.200. The molecule has 94 valence electrons. The molecule has 1 amide bonds. The van der Waals surface area contributed by atoms with Crippen molar-refractivity contribution < 1.29 is 9.18 Å². The van der Waals surface area contributed by atoms with Gasteiger partial charge >= 0.3 is 0 Å². The van der Waals surface area contributed by atoms with Crippen LogP contribution in [0.15, 0.2) is 18.2 Å². The first-order chi connectivity index (χ1) is 7.91. The van der Waals surface area contributed by atoms with Crippen molar-refractivity contribution in [3.05, 3.63) is 35.1 Å². The highest BCUT2D eigenvalue weighted by Crippen LogP contribution is 2.09. The van der Waals surface area contributed by atoms with E-state index in [1.165, 1.54) is 11.0 Å². The molecule has 1 unspecified atom stereocenters. The van der Waals surface area contributed by atoms with Gasteiger partial charge in [0.25, 0.3) is 0 Å². The number of carbonyl (C=O) groups is 1. The lowest BCUT2D eigenvalue weighted by Crippen LogP contribution is -2.41. The third kappa shape index (κ3) is 3.82. The van der Waals surface area contributed by atoms with Crippen molar-refractivity contribution in [2.24, 2.45) is 0 Å². The maximum atomic E-state index is 13.3. The lowest BCUT2D eigenvalue weighted by molar-refractivity contribution is -0.130. The van der Waals surface area contributed by atoms with Gasteiger partial charge in [-0.1, -0.05) is 12.1 Å². The van der Waals surface area contributed by atoms with Crippen LogP contribution in [0, 0.1) is 12.7 Å². The highest BCUT2D eigenvalue weighted by molar-refractivity contribution is 5.80. The molecule has 1 aromatic rings. The Hall–Kier alpha value is -1.42. The first kappa shape index (κ1) is 13.6. The van der Waals surface area contributed by atoms with E-state index in [4.69, 9.17) is 0 Å². The second kappa shape index (κ2) is 5.77. The minimum Gasteiger partial charge on any atom is -0.347 e. The second-order valence-electron chi connectivity index (χ2n) is 4.42. The minimum atomic E-state index is -0.269. The third-order valence-electron chi connectivity index (χ3n) is 2.66. The number of nitrogens with one attached hydrogen (secondary N) is 1. The van der Waals surface area contributed by atoms with E-state index < -0.39 is 0 Å². The van der Waals surface area contributed by atoms with Crippen LogP contribution in [0.25, 0.3) is 0 Å². The summed E-state index contributed by atoms with van der Waals surface area (Å²) in [6, 6.07) is 4.83. The van der Waals surface area contributed by atoms with E-state index in [2.05, 4.69) is 5.32 Å². The molecule has 1 N–H and O–H groups in total. The number of halogens is 1. The number of nitrogens with zero attached hydrogens (tertiary/aromatic N) is 1. The highest BCUT2D eigenvalue weighted by Gasteiger charge is 2.13. The zero-order valence-electron chi connectivity index (χ0n) is 10.7. The van der Waals surface area contributed by atoms with E-state index in [9.17, 15) is 9.18 Å². The molecule has 0 spiro atoms. The molecule has 0 saturated carbocycles. The molecule has 1 aromatic carbocycles. The number of benzene rings is 1. The molecule has 0 saturated heterocycles. The summed E-state index contributed by atoms with van der Waals surface area (Å²) >= 11 is 0. The van der Waals surface area contributed by atoms with Crippen LogP contribution in [0.2, 0.25) is 0 Å². The van der Waals surface area contributed by atoms with Gasteiger partial charge in [-0.3, -0.25) is 4.79 Å². The number of amides is 1. The lowest BCUT2D eigenvalue weighted by atomic mass is 10.1. The maximum Gasteiger partial charge on any atom is 0.238 e. The Morgan fingerprint density at radius 2 is 2.12 bits per heavy atom. The van der Waals surface area contributed by atoms with Crippen molar-refractivity contribution in [2.45, 2.75) is 26.4 Å². The molecule has 1 rings (SSSR count). The van der Waals surface area contributed by atoms with Crippen molar-refractivity contribution >= 4 is 5.91 Å². The predicted molar refractivity (Wildman–Crippen MR) is 66.1 cm³/mol. The number of likely N-dealkylation sites (N-methyl/N-ethyl adjacent to an activating group) is 1. The second-order valence-corrected chi connectivity index (χ2v) is 4.42. The minimum absolute atomic E-state index is 0.0117. The van der Waals surface area contributed by atoms with Crippen LogP contribution in [0.5, 0.6) is 0 Å². The van der Waals surface area contributed by atoms with E-state index in [1.54, 1.807) is 34.0 Å². The number of aryl methyl sites for hydroxylation is 1. The molecule has 0 aliphatic rings. The summed E-state index contributed by atoms with van der Waals surface area (Å²) < 4.78 is 13.3. The summed E-state index contributed by atoms with van der Waals surface area (Å²) in [6.07, 6.45) is 0. The van der Waals surface area contributed by atoms with Crippen LogP contribution < -0.4 is 5.32 Å². The average Bonchev–Trinajstić information content (AvgIpc) is 2.29. The predicted octanol–water partition coefficient (Wildman–Crippen LogP) is 1.70. The first-order valence-electron chi connectivity index (χ1n) is 5.61. The SMILES string of the molecule is Cc1ccc(CNC(C)C(=O)N(C)C)cc1F. The van der Waals surface area contributed by atoms with Gasteiger partial charge in [0, 0.05) is 20.6 Å². The fourth-order valence-electron chi connectivity index (χ4n) is 1.49. The van der Waals surface area contributed by atoms with Gasteiger partial charge in [0.05, 0.1) is 6.04 Å². The smallest absolute Gasteiger partial charge is 0.238 e. The Morgan fingerprint density at radius 1 is 1.47 bits per heavy atom. The van der Waals surface area contributed by atoms with E-state index in [-0.39, 0.29) is 17.8 Å². The fraction of sp³-hybridized carbons (Fsp3) is 0.462. The van der Waals surface area contributed by atoms with Crippen molar-refractivity contribution in [3.63, 3.8) is 0 Å². The van der Waals surface area contributed by atoms with Gasteiger partial charge in [-0.05, 0) is 31.0 Å². The number of hydrogen-bond donors (Lipinski definition) is 1. The molecule has 0 bridgehead atoms. The molecule has 0 fully saturated rings. The quantitative estimate of drug-likeness (QED) is 0.866. The summed E-state index contributed by atoms with van der Waals surface area (Å²) in [5.41, 5.74) is 1.47. The van der Waals surface area contributed by atoms with Crippen LogP contribution in [-0.4, -0.2) is 30.9 Å². The Kier molecular flexibility index (Phi) is 4.63. The van der Waals surface area contributed by atoms with E-state index in [0.29, 0.717) is 12.1 Å². The van der Waals surface area contributed by atoms with Crippen LogP contribution >= 0.6 is 0 Å². The summed E-state index contributed by atoms with van der Waals surface area (Å²) in [7, 11) is 3.43. The zero-order valence-corrected chi connectivity index (χ0v) is 10.7. The molecule has 0 radical (unpaired) electrons. The van der Waals surface area contributed by atoms with E-state index in [1.807, 2.05) is 6.07 Å². The van der Waals surface area contributed by atoms with Gasteiger partial charge in [0.15, 0.2) is 0 Å². The molecule has 17 heavy (non-hydrogen) atoms. The molecule has 1 atom stereocenters. The Labute approximate surface area is 102 Å². The summed E-state index contributed by atoms with van der Waals surface area (Å²) in [5, 5.41) is 3.07. The standard InChI is InChI=1S/C13H19FN2O/c1-9-5-6-11(7-12(9)14)8-15-10(2)13(17)16(3)4/h5-7,10,15H,8H2,1-4H3. The molecule has 4 heteroatoms. The third-order valence-corrected chi connectivity index (χ3v) is 2.66. The van der Waals surface area contributed by atoms with Crippen molar-refractivity contribution in [3.8, 4) is 0 Å². The molecule has 3 nitrogen and oxygen atoms in total. The number of hydrogen-bond acceptors (Lipinski definition) is 2. The monoisotopic (exact) mass is 238 g/mol. The molecule has 0 aliphatic carbocycles. The summed E-state index contributed by atoms with van der Waals surface area (Å²) in [4.78, 5) is 13.1. The molecular weight excluding hydrogens is 219 g/mol. The van der Waals surface area contributed by atoms with Gasteiger partial charge in [0.1, 0.15) is 5.82 Å². The van der Waals surface area contributed by atoms with Gasteiger partial charge < -0.3 is 10.2 Å². The van der Waals surface area contributed by atoms with Gasteiger partial charge in [0.2, 0.25) is 5.91 Å². The topological polar surface area (TPSA) is 32.3 Å². The Morgan fingerprint density at radius 3 is 2.65 bits per heavy atom. The molecular formula is C13H19FN2O. The Bertz CT molecular complexity index is 404. The molecule has 0 heterocycles. The fourth-order valence-corrected chi connectivity index (χ4v) is 1.49. The summed E-state index contributed by atoms with van der Waals surface area (Å²) in [6.45, 7) is 4.01. The van der Waals surface area contributed by atoms with Crippen LogP contribution in [-0.2, 0) is 11.3 Å². The molecule has 0 aromatic heterocycles. The first-order valence-corrected chi connectivity index (χ1v) is 5.61. The number of carbonyl (C=O) groups excluding carboxylic acids is 1. The maximum absolute atomic E-state index is 13.3. The van der Waals surface area contributed by atoms with Gasteiger partial charge in [-0.25, -0.2) is 4.39 Å². The highest BCUT2D eigenvalue weighted by atomic mass is 19.1. The average molecular weight is 238 g/mol. The Balaban J connectivity index is 2.56. The van der Waals surface area contributed by atoms with Crippen molar-refractivity contribution in [1.29, 1.82) is 0 Å². The lowest BCUT2D eigenvalue weighted by Gasteiger charge is -2.18. The van der Waals surface area contributed by atoms with Crippen molar-refractivity contribution in [1.82, 2.24) is 10.2 Å². The zero-order chi connectivity index (χ0) is 13.0. The van der Waals surface area contributed by atoms with Crippen LogP contribution in [0.3, 0.4) is 0 Å². The molecule has 0 aliphatic heterocycles. The largest absolute Gasteiger partial charge is 0.347 e. The van der Waals surface area contributed by atoms with Gasteiger partial charge in [-0.15, -0.1) is 0 Å². The van der Waals surface area contributed by atoms with Gasteiger partial charge in [-0.2, -0.15) is 0 Å². The number of rotatable bonds is 4. The van der Waals surface area contributed by atoms with Crippen LogP contribution in [0.4, 0.5) is 4.39 Å². The van der Waals surface area contributed by atoms with Crippen LogP contribution in [0.1, 0.15) is 18.1 Å². The van der Waals surface area contributed by atoms with E-state index in [0.717, 1.165) is 5.56 Å². The van der Waals surface area contributed by atoms with E-state index >= 15 is 0 Å². The van der Waals surface area contributed by atoms with Crippen molar-refractivity contribution in [2.75, 3.05) is 14.1 Å².